The van der Waals surface area contributed by atoms with Crippen molar-refractivity contribution in [1.29, 1.82) is 0 Å². The Labute approximate surface area is 101 Å². The van der Waals surface area contributed by atoms with Crippen LogP contribution in [-0.2, 0) is 12.8 Å². The number of nitrogens with one attached hydrogen (secondary N) is 1. The molecule has 0 bridgehead atoms. The van der Waals surface area contributed by atoms with Crippen molar-refractivity contribution >= 4 is 22.8 Å². The Balaban J connectivity index is 1.79. The molecule has 6 nitrogen and oxygen atoms in total. The smallest absolute Gasteiger partial charge is 0.209 e. The molecule has 1 N–H and O–H groups in total. The van der Waals surface area contributed by atoms with Gasteiger partial charge in [0, 0.05) is 7.05 Å². The molecule has 0 fully saturated rings. The monoisotopic (exact) mass is 246 g/mol. The first-order valence-electron chi connectivity index (χ1n) is 5.12. The molecule has 0 unspecified atom stereocenters. The van der Waals surface area contributed by atoms with Crippen LogP contribution in [0.15, 0.2) is 29.4 Å². The normalized spacial score (nSPS) is 11.1. The van der Waals surface area contributed by atoms with Gasteiger partial charge < -0.3 is 4.98 Å². The lowest BCUT2D eigenvalue weighted by Crippen LogP contribution is -1.93. The molecule has 0 radical (unpaired) electrons. The minimum atomic E-state index is 0.725. The minimum Gasteiger partial charge on any atom is -0.341 e. The van der Waals surface area contributed by atoms with Gasteiger partial charge in [-0.05, 0) is 22.6 Å². The van der Waals surface area contributed by atoms with Crippen LogP contribution in [0, 0.1) is 0 Å². The van der Waals surface area contributed by atoms with E-state index in [1.165, 1.54) is 0 Å². The zero-order valence-corrected chi connectivity index (χ0v) is 9.98. The lowest BCUT2D eigenvalue weighted by atomic mass is 10.3. The fraction of sp³-hybridized carbons (Fsp3) is 0.200. The first kappa shape index (κ1) is 10.3. The molecule has 7 heteroatoms. The summed E-state index contributed by atoms with van der Waals surface area (Å²) in [6, 6.07) is 7.97. The third-order valence-electron chi connectivity index (χ3n) is 2.36. The maximum atomic E-state index is 4.49. The number of H-pyrrole nitrogens is 1. The number of aromatic amines is 1. The zero-order valence-electron chi connectivity index (χ0n) is 9.16. The molecule has 3 rings (SSSR count). The van der Waals surface area contributed by atoms with Gasteiger partial charge in [0.05, 0.1) is 16.8 Å². The van der Waals surface area contributed by atoms with Gasteiger partial charge in [-0.3, -0.25) is 0 Å². The van der Waals surface area contributed by atoms with Crippen molar-refractivity contribution < 1.29 is 0 Å². The van der Waals surface area contributed by atoms with Crippen LogP contribution in [0.4, 0.5) is 0 Å². The van der Waals surface area contributed by atoms with E-state index in [1.807, 2.05) is 31.3 Å². The Hall–Kier alpha value is -1.89. The van der Waals surface area contributed by atoms with Gasteiger partial charge in [-0.2, -0.15) is 0 Å². The number of aromatic nitrogens is 6. The molecule has 1 aromatic carbocycles. The molecule has 2 aromatic heterocycles. The van der Waals surface area contributed by atoms with Crippen LogP contribution in [-0.4, -0.2) is 30.2 Å². The molecule has 0 aliphatic heterocycles. The summed E-state index contributed by atoms with van der Waals surface area (Å²) >= 11 is 1.56. The van der Waals surface area contributed by atoms with Crippen molar-refractivity contribution in [1.82, 2.24) is 30.2 Å². The van der Waals surface area contributed by atoms with Crippen molar-refractivity contribution in [2.24, 2.45) is 7.05 Å². The maximum Gasteiger partial charge on any atom is 0.209 e. The van der Waals surface area contributed by atoms with E-state index in [1.54, 1.807) is 16.4 Å². The fourth-order valence-electron chi connectivity index (χ4n) is 1.55. The number of rotatable bonds is 3. The number of hydrogen-bond acceptors (Lipinski definition) is 5. The fourth-order valence-corrected chi connectivity index (χ4v) is 2.27. The van der Waals surface area contributed by atoms with Crippen LogP contribution in [0.5, 0.6) is 0 Å². The lowest BCUT2D eigenvalue weighted by Gasteiger charge is -1.95. The molecule has 0 saturated carbocycles. The van der Waals surface area contributed by atoms with Gasteiger partial charge in [0.1, 0.15) is 5.82 Å². The molecular formula is C10H10N6S. The highest BCUT2D eigenvalue weighted by atomic mass is 32.2. The molecule has 0 saturated heterocycles. The summed E-state index contributed by atoms with van der Waals surface area (Å²) in [6.45, 7) is 0. The van der Waals surface area contributed by atoms with E-state index in [4.69, 9.17) is 0 Å². The van der Waals surface area contributed by atoms with Gasteiger partial charge in [0.15, 0.2) is 0 Å². The Morgan fingerprint density at radius 2 is 2.24 bits per heavy atom. The van der Waals surface area contributed by atoms with Gasteiger partial charge in [0.2, 0.25) is 5.16 Å². The highest BCUT2D eigenvalue weighted by Gasteiger charge is 2.06. The van der Waals surface area contributed by atoms with E-state index >= 15 is 0 Å². The summed E-state index contributed by atoms with van der Waals surface area (Å²) < 4.78 is 1.65. The third-order valence-corrected chi connectivity index (χ3v) is 3.38. The van der Waals surface area contributed by atoms with Crippen LogP contribution in [0.25, 0.3) is 11.0 Å². The summed E-state index contributed by atoms with van der Waals surface area (Å²) in [6.07, 6.45) is 0. The average molecular weight is 246 g/mol. The number of thioether (sulfide) groups is 1. The molecule has 0 atom stereocenters. The van der Waals surface area contributed by atoms with Crippen molar-refractivity contribution in [3.63, 3.8) is 0 Å². The minimum absolute atomic E-state index is 0.725. The summed E-state index contributed by atoms with van der Waals surface area (Å²) in [5, 5.41) is 12.1. The number of tetrazole rings is 1. The van der Waals surface area contributed by atoms with Crippen molar-refractivity contribution in [3.05, 3.63) is 30.1 Å². The van der Waals surface area contributed by atoms with Gasteiger partial charge in [-0.25, -0.2) is 9.67 Å². The van der Waals surface area contributed by atoms with E-state index in [9.17, 15) is 0 Å². The molecule has 17 heavy (non-hydrogen) atoms. The summed E-state index contributed by atoms with van der Waals surface area (Å²) in [5.74, 6) is 1.65. The van der Waals surface area contributed by atoms with Crippen LogP contribution in [0.1, 0.15) is 5.82 Å². The second-order valence-corrected chi connectivity index (χ2v) is 4.52. The Kier molecular flexibility index (Phi) is 2.52. The first-order valence-corrected chi connectivity index (χ1v) is 6.10. The molecular weight excluding hydrogens is 236 g/mol. The third kappa shape index (κ3) is 2.01. The second kappa shape index (κ2) is 4.17. The van der Waals surface area contributed by atoms with E-state index in [2.05, 4.69) is 25.5 Å². The molecule has 3 aromatic rings. The maximum absolute atomic E-state index is 4.49. The number of imidazole rings is 1. The topological polar surface area (TPSA) is 72.3 Å². The zero-order chi connectivity index (χ0) is 11.7. The predicted octanol–water partition coefficient (Wildman–Crippen LogP) is 1.38. The molecule has 0 aliphatic rings. The number of fused-ring (bicyclic) bond motifs is 1. The largest absolute Gasteiger partial charge is 0.341 e. The van der Waals surface area contributed by atoms with E-state index < -0.39 is 0 Å². The van der Waals surface area contributed by atoms with Crippen LogP contribution in [0.3, 0.4) is 0 Å². The number of hydrogen-bond donors (Lipinski definition) is 1. The van der Waals surface area contributed by atoms with Gasteiger partial charge in [-0.15, -0.1) is 5.10 Å². The van der Waals surface area contributed by atoms with E-state index in [0.29, 0.717) is 0 Å². The van der Waals surface area contributed by atoms with Crippen LogP contribution < -0.4 is 0 Å². The molecule has 0 amide bonds. The summed E-state index contributed by atoms with van der Waals surface area (Å²) in [5.41, 5.74) is 2.04. The Morgan fingerprint density at radius 3 is 3.00 bits per heavy atom. The highest BCUT2D eigenvalue weighted by Crippen LogP contribution is 2.19. The van der Waals surface area contributed by atoms with Crippen LogP contribution >= 0.6 is 11.8 Å². The van der Waals surface area contributed by atoms with Crippen molar-refractivity contribution in [2.45, 2.75) is 10.9 Å². The molecule has 0 spiro atoms. The number of nitrogens with zero attached hydrogens (tertiary/aromatic N) is 5. The second-order valence-electron chi connectivity index (χ2n) is 3.57. The number of benzene rings is 1. The number of para-hydroxylation sites is 2. The van der Waals surface area contributed by atoms with Crippen LogP contribution in [0.2, 0.25) is 0 Å². The molecule has 2 heterocycles. The predicted molar refractivity (Wildman–Crippen MR) is 64.5 cm³/mol. The van der Waals surface area contributed by atoms with Gasteiger partial charge in [0.25, 0.3) is 0 Å². The summed E-state index contributed by atoms with van der Waals surface area (Å²) in [4.78, 5) is 7.76. The Bertz CT molecular complexity index is 610. The molecule has 0 aliphatic carbocycles. The van der Waals surface area contributed by atoms with E-state index in [0.717, 1.165) is 27.8 Å². The lowest BCUT2D eigenvalue weighted by molar-refractivity contribution is 0.664. The first-order chi connectivity index (χ1) is 8.33. The average Bonchev–Trinajstić information content (AvgIpc) is 2.92. The van der Waals surface area contributed by atoms with Gasteiger partial charge in [-0.1, -0.05) is 23.9 Å². The van der Waals surface area contributed by atoms with Crippen molar-refractivity contribution in [3.8, 4) is 0 Å². The van der Waals surface area contributed by atoms with E-state index in [-0.39, 0.29) is 0 Å². The summed E-state index contributed by atoms with van der Waals surface area (Å²) in [7, 11) is 1.82. The highest BCUT2D eigenvalue weighted by molar-refractivity contribution is 7.98. The quantitative estimate of drug-likeness (QED) is 0.707. The van der Waals surface area contributed by atoms with Crippen molar-refractivity contribution in [2.75, 3.05) is 0 Å². The Morgan fingerprint density at radius 1 is 1.35 bits per heavy atom. The standard InChI is InChI=1S/C10H10N6S/c1-16-10(13-14-15-16)17-6-9-11-7-4-2-3-5-8(7)12-9/h2-5H,6H2,1H3,(H,11,12). The van der Waals surface area contributed by atoms with Gasteiger partial charge >= 0.3 is 0 Å². The molecule has 86 valence electrons. The number of aryl methyl sites for hydroxylation is 1. The SMILES string of the molecule is Cn1nnnc1SCc1nc2ccccc2[nH]1.